The second-order valence-electron chi connectivity index (χ2n) is 2.62. The third kappa shape index (κ3) is 3.74. The fraction of sp³-hybridized carbons (Fsp3) is 0.273. The Bertz CT molecular complexity index is 254. The van der Waals surface area contributed by atoms with E-state index < -0.39 is 0 Å². The van der Waals surface area contributed by atoms with Crippen molar-refractivity contribution >= 4 is 5.97 Å². The SMILES string of the molecule is CCOC(=O)C[CH]c1ccccc1. The van der Waals surface area contributed by atoms with Crippen LogP contribution in [0.5, 0.6) is 0 Å². The Morgan fingerprint density at radius 2 is 2.08 bits per heavy atom. The molecule has 0 N–H and O–H groups in total. The molecular formula is C11H13O2. The van der Waals surface area contributed by atoms with Gasteiger partial charge in [0, 0.05) is 6.42 Å². The van der Waals surface area contributed by atoms with E-state index in [4.69, 9.17) is 4.74 Å². The van der Waals surface area contributed by atoms with Crippen LogP contribution in [0.25, 0.3) is 0 Å². The molecule has 1 aromatic rings. The molecule has 2 heteroatoms. The lowest BCUT2D eigenvalue weighted by Crippen LogP contribution is -2.03. The normalized spacial score (nSPS) is 9.62. The molecule has 0 heterocycles. The number of benzene rings is 1. The topological polar surface area (TPSA) is 26.3 Å². The first-order valence-corrected chi connectivity index (χ1v) is 4.37. The van der Waals surface area contributed by atoms with E-state index in [1.165, 1.54) is 0 Å². The molecule has 0 aromatic heterocycles. The molecule has 0 atom stereocenters. The molecule has 0 aliphatic carbocycles. The first-order valence-electron chi connectivity index (χ1n) is 4.37. The number of rotatable bonds is 4. The zero-order valence-electron chi connectivity index (χ0n) is 7.69. The number of esters is 1. The van der Waals surface area contributed by atoms with Crippen LogP contribution in [0.2, 0.25) is 0 Å². The summed E-state index contributed by atoms with van der Waals surface area (Å²) in [6, 6.07) is 9.74. The molecule has 0 aliphatic rings. The van der Waals surface area contributed by atoms with Crippen LogP contribution in [0.4, 0.5) is 0 Å². The van der Waals surface area contributed by atoms with Crippen LogP contribution in [0.1, 0.15) is 18.9 Å². The summed E-state index contributed by atoms with van der Waals surface area (Å²) in [5.74, 6) is -0.175. The van der Waals surface area contributed by atoms with Gasteiger partial charge in [0.2, 0.25) is 0 Å². The van der Waals surface area contributed by atoms with Crippen molar-refractivity contribution in [1.29, 1.82) is 0 Å². The zero-order chi connectivity index (χ0) is 9.52. The van der Waals surface area contributed by atoms with Crippen molar-refractivity contribution in [2.45, 2.75) is 13.3 Å². The first kappa shape index (κ1) is 9.78. The standard InChI is InChI=1S/C11H13O2/c1-2-13-11(12)9-8-10-6-4-3-5-7-10/h3-8H,2,9H2,1H3. The van der Waals surface area contributed by atoms with Gasteiger partial charge in [-0.15, -0.1) is 0 Å². The average molecular weight is 177 g/mol. The van der Waals surface area contributed by atoms with Crippen LogP contribution in [-0.4, -0.2) is 12.6 Å². The van der Waals surface area contributed by atoms with Crippen LogP contribution in [-0.2, 0) is 9.53 Å². The minimum atomic E-state index is -0.175. The van der Waals surface area contributed by atoms with E-state index in [0.717, 1.165) is 5.56 Å². The van der Waals surface area contributed by atoms with Crippen molar-refractivity contribution in [3.05, 3.63) is 42.3 Å². The Labute approximate surface area is 78.5 Å². The maximum atomic E-state index is 11.0. The lowest BCUT2D eigenvalue weighted by Gasteiger charge is -2.00. The molecule has 0 unspecified atom stereocenters. The quantitative estimate of drug-likeness (QED) is 0.659. The smallest absolute Gasteiger partial charge is 0.306 e. The van der Waals surface area contributed by atoms with Crippen LogP contribution >= 0.6 is 0 Å². The largest absolute Gasteiger partial charge is 0.466 e. The van der Waals surface area contributed by atoms with E-state index >= 15 is 0 Å². The Balaban J connectivity index is 2.31. The Hall–Kier alpha value is -1.31. The summed E-state index contributed by atoms with van der Waals surface area (Å²) >= 11 is 0. The Morgan fingerprint density at radius 1 is 1.38 bits per heavy atom. The van der Waals surface area contributed by atoms with Gasteiger partial charge in [-0.05, 0) is 12.5 Å². The molecular weight excluding hydrogens is 164 g/mol. The maximum Gasteiger partial charge on any atom is 0.306 e. The van der Waals surface area contributed by atoms with Crippen molar-refractivity contribution in [3.8, 4) is 0 Å². The van der Waals surface area contributed by atoms with Crippen LogP contribution < -0.4 is 0 Å². The number of carbonyl (C=O) groups is 1. The summed E-state index contributed by atoms with van der Waals surface area (Å²) in [5, 5.41) is 0. The van der Waals surface area contributed by atoms with Gasteiger partial charge in [0.05, 0.1) is 13.0 Å². The highest BCUT2D eigenvalue weighted by molar-refractivity contribution is 5.71. The van der Waals surface area contributed by atoms with Crippen LogP contribution in [0, 0.1) is 6.42 Å². The van der Waals surface area contributed by atoms with Crippen molar-refractivity contribution < 1.29 is 9.53 Å². The van der Waals surface area contributed by atoms with Gasteiger partial charge in [-0.3, -0.25) is 4.79 Å². The number of carbonyl (C=O) groups excluding carboxylic acids is 1. The van der Waals surface area contributed by atoms with Gasteiger partial charge in [0.15, 0.2) is 0 Å². The molecule has 2 nitrogen and oxygen atoms in total. The molecule has 1 radical (unpaired) electrons. The molecule has 0 aliphatic heterocycles. The van der Waals surface area contributed by atoms with E-state index in [-0.39, 0.29) is 5.97 Å². The average Bonchev–Trinajstić information content (AvgIpc) is 2.17. The van der Waals surface area contributed by atoms with E-state index in [2.05, 4.69) is 0 Å². The molecule has 0 bridgehead atoms. The highest BCUT2D eigenvalue weighted by Gasteiger charge is 2.01. The van der Waals surface area contributed by atoms with Gasteiger partial charge >= 0.3 is 5.97 Å². The highest BCUT2D eigenvalue weighted by Crippen LogP contribution is 2.05. The second-order valence-corrected chi connectivity index (χ2v) is 2.62. The van der Waals surface area contributed by atoms with Gasteiger partial charge in [0.25, 0.3) is 0 Å². The monoisotopic (exact) mass is 177 g/mol. The highest BCUT2D eigenvalue weighted by atomic mass is 16.5. The third-order valence-corrected chi connectivity index (χ3v) is 1.61. The number of hydrogen-bond acceptors (Lipinski definition) is 2. The molecule has 1 rings (SSSR count). The lowest BCUT2D eigenvalue weighted by molar-refractivity contribution is -0.142. The predicted molar refractivity (Wildman–Crippen MR) is 51.1 cm³/mol. The van der Waals surface area contributed by atoms with E-state index in [0.29, 0.717) is 13.0 Å². The summed E-state index contributed by atoms with van der Waals surface area (Å²) in [7, 11) is 0. The van der Waals surface area contributed by atoms with Gasteiger partial charge in [-0.25, -0.2) is 0 Å². The lowest BCUT2D eigenvalue weighted by atomic mass is 10.1. The van der Waals surface area contributed by atoms with Gasteiger partial charge in [-0.2, -0.15) is 0 Å². The second kappa shape index (κ2) is 5.36. The summed E-state index contributed by atoms with van der Waals surface area (Å²) in [4.78, 5) is 11.0. The minimum Gasteiger partial charge on any atom is -0.466 e. The van der Waals surface area contributed by atoms with Crippen molar-refractivity contribution in [2.75, 3.05) is 6.61 Å². The number of ether oxygens (including phenoxy) is 1. The summed E-state index contributed by atoms with van der Waals surface area (Å²) in [5.41, 5.74) is 1.05. The molecule has 1 aromatic carbocycles. The molecule has 0 fully saturated rings. The van der Waals surface area contributed by atoms with E-state index in [1.54, 1.807) is 6.92 Å². The van der Waals surface area contributed by atoms with Crippen molar-refractivity contribution in [3.63, 3.8) is 0 Å². The predicted octanol–water partition coefficient (Wildman–Crippen LogP) is 2.19. The number of hydrogen-bond donors (Lipinski definition) is 0. The molecule has 0 spiro atoms. The Morgan fingerprint density at radius 3 is 2.69 bits per heavy atom. The van der Waals surface area contributed by atoms with Gasteiger partial charge in [-0.1, -0.05) is 30.3 Å². The summed E-state index contributed by atoms with van der Waals surface area (Å²) in [6.45, 7) is 2.25. The van der Waals surface area contributed by atoms with Crippen LogP contribution in [0.3, 0.4) is 0 Å². The Kier molecular flexibility index (Phi) is 4.03. The molecule has 0 saturated carbocycles. The zero-order valence-corrected chi connectivity index (χ0v) is 7.69. The van der Waals surface area contributed by atoms with Gasteiger partial charge in [0.1, 0.15) is 0 Å². The fourth-order valence-corrected chi connectivity index (χ4v) is 1.01. The van der Waals surface area contributed by atoms with Crippen LogP contribution in [0.15, 0.2) is 30.3 Å². The van der Waals surface area contributed by atoms with E-state index in [9.17, 15) is 4.79 Å². The van der Waals surface area contributed by atoms with Crippen molar-refractivity contribution in [2.24, 2.45) is 0 Å². The molecule has 0 saturated heterocycles. The summed E-state index contributed by atoms with van der Waals surface area (Å²) < 4.78 is 4.79. The minimum absolute atomic E-state index is 0.175. The fourth-order valence-electron chi connectivity index (χ4n) is 1.01. The molecule has 0 amide bonds. The third-order valence-electron chi connectivity index (χ3n) is 1.61. The van der Waals surface area contributed by atoms with Crippen molar-refractivity contribution in [1.82, 2.24) is 0 Å². The maximum absolute atomic E-state index is 11.0. The molecule has 13 heavy (non-hydrogen) atoms. The molecule has 69 valence electrons. The summed E-state index contributed by atoms with van der Waals surface area (Å²) in [6.07, 6.45) is 2.20. The first-order chi connectivity index (χ1) is 6.33. The van der Waals surface area contributed by atoms with E-state index in [1.807, 2.05) is 36.8 Å². The van der Waals surface area contributed by atoms with Gasteiger partial charge < -0.3 is 4.74 Å².